The molecule has 1 atom stereocenters. The number of carbonyl (C=O) groups excluding carboxylic acids is 1. The maximum atomic E-state index is 12.3. The number of hydrogen-bond acceptors (Lipinski definition) is 3. The Bertz CT molecular complexity index is 583. The second-order valence-corrected chi connectivity index (χ2v) is 6.54. The molecule has 2 amide bonds. The monoisotopic (exact) mass is 348 g/mol. The van der Waals surface area contributed by atoms with Crippen LogP contribution in [0.2, 0.25) is 10.0 Å². The molecule has 1 fully saturated rings. The number of rotatable bonds is 2. The van der Waals surface area contributed by atoms with E-state index in [0.717, 1.165) is 5.56 Å². The van der Waals surface area contributed by atoms with E-state index in [9.17, 15) is 14.7 Å². The van der Waals surface area contributed by atoms with Gasteiger partial charge in [0, 0.05) is 18.1 Å². The Morgan fingerprint density at radius 2 is 2.14 bits per heavy atom. The first-order valence-corrected chi connectivity index (χ1v) is 8.15. The summed E-state index contributed by atoms with van der Waals surface area (Å²) in [5, 5.41) is 12.5. The number of amides is 2. The van der Waals surface area contributed by atoms with E-state index in [-0.39, 0.29) is 0 Å². The number of aliphatic carboxylic acids is 1. The van der Waals surface area contributed by atoms with Gasteiger partial charge in [0.2, 0.25) is 0 Å². The third-order valence-corrected chi connectivity index (χ3v) is 5.02. The van der Waals surface area contributed by atoms with Crippen LogP contribution in [0.1, 0.15) is 5.56 Å². The zero-order valence-electron chi connectivity index (χ0n) is 11.2. The number of benzene rings is 1. The summed E-state index contributed by atoms with van der Waals surface area (Å²) >= 11 is 13.7. The number of carboxylic acid groups (broad SMARTS) is 1. The number of halogens is 2. The highest BCUT2D eigenvalue weighted by atomic mass is 35.5. The highest BCUT2D eigenvalue weighted by Gasteiger charge is 2.32. The summed E-state index contributed by atoms with van der Waals surface area (Å²) in [5.41, 5.74) is 1.09. The Hall–Kier alpha value is -1.11. The van der Waals surface area contributed by atoms with Crippen molar-refractivity contribution in [1.29, 1.82) is 0 Å². The molecule has 8 heteroatoms. The Kier molecular flexibility index (Phi) is 5.24. The molecule has 1 unspecified atom stereocenters. The minimum Gasteiger partial charge on any atom is -0.480 e. The second kappa shape index (κ2) is 6.77. The van der Waals surface area contributed by atoms with Crippen LogP contribution in [0.4, 0.5) is 10.5 Å². The van der Waals surface area contributed by atoms with Crippen molar-refractivity contribution in [2.75, 3.05) is 23.4 Å². The van der Waals surface area contributed by atoms with Gasteiger partial charge < -0.3 is 15.3 Å². The average Bonchev–Trinajstić information content (AvgIpc) is 2.47. The van der Waals surface area contributed by atoms with Gasteiger partial charge in [-0.1, -0.05) is 29.3 Å². The van der Waals surface area contributed by atoms with E-state index in [0.29, 0.717) is 33.8 Å². The van der Waals surface area contributed by atoms with Crippen molar-refractivity contribution in [3.63, 3.8) is 0 Å². The van der Waals surface area contributed by atoms with Crippen molar-refractivity contribution in [3.8, 4) is 0 Å². The summed E-state index contributed by atoms with van der Waals surface area (Å²) in [4.78, 5) is 24.8. The van der Waals surface area contributed by atoms with Gasteiger partial charge in [0.1, 0.15) is 6.04 Å². The van der Waals surface area contributed by atoms with E-state index < -0.39 is 18.0 Å². The molecule has 1 aliphatic rings. The molecule has 0 radical (unpaired) electrons. The number of nitrogens with one attached hydrogen (secondary N) is 1. The van der Waals surface area contributed by atoms with Gasteiger partial charge in [-0.05, 0) is 18.6 Å². The van der Waals surface area contributed by atoms with E-state index in [1.54, 1.807) is 19.1 Å². The maximum Gasteiger partial charge on any atom is 0.327 e. The van der Waals surface area contributed by atoms with E-state index >= 15 is 0 Å². The van der Waals surface area contributed by atoms with Crippen LogP contribution in [0.5, 0.6) is 0 Å². The number of carboxylic acids is 1. The van der Waals surface area contributed by atoms with Crippen LogP contribution in [-0.4, -0.2) is 46.1 Å². The number of anilines is 1. The third-order valence-electron chi connectivity index (χ3n) is 3.19. The van der Waals surface area contributed by atoms with Crippen LogP contribution in [0.15, 0.2) is 12.1 Å². The summed E-state index contributed by atoms with van der Waals surface area (Å²) in [6, 6.07) is 2.04. The van der Waals surface area contributed by atoms with Gasteiger partial charge in [-0.2, -0.15) is 11.8 Å². The van der Waals surface area contributed by atoms with Crippen molar-refractivity contribution < 1.29 is 14.7 Å². The Morgan fingerprint density at radius 1 is 1.43 bits per heavy atom. The number of carbonyl (C=O) groups is 2. The van der Waals surface area contributed by atoms with Crippen molar-refractivity contribution in [2.24, 2.45) is 0 Å². The molecule has 1 aromatic rings. The lowest BCUT2D eigenvalue weighted by atomic mass is 10.2. The molecule has 1 saturated heterocycles. The quantitative estimate of drug-likeness (QED) is 0.859. The normalized spacial score (nSPS) is 18.4. The highest BCUT2D eigenvalue weighted by molar-refractivity contribution is 7.99. The zero-order chi connectivity index (χ0) is 15.6. The molecule has 0 aliphatic carbocycles. The van der Waals surface area contributed by atoms with Crippen LogP contribution in [0.25, 0.3) is 0 Å². The highest BCUT2D eigenvalue weighted by Crippen LogP contribution is 2.33. The average molecular weight is 349 g/mol. The fourth-order valence-electron chi connectivity index (χ4n) is 2.00. The van der Waals surface area contributed by atoms with Crippen LogP contribution in [0, 0.1) is 6.92 Å². The molecule has 5 nitrogen and oxygen atoms in total. The van der Waals surface area contributed by atoms with Gasteiger partial charge in [0.15, 0.2) is 0 Å². The van der Waals surface area contributed by atoms with Gasteiger partial charge in [0.25, 0.3) is 0 Å². The molecule has 0 spiro atoms. The third kappa shape index (κ3) is 3.56. The smallest absolute Gasteiger partial charge is 0.327 e. The Labute approximate surface area is 136 Å². The molecular formula is C13H14Cl2N2O3S. The largest absolute Gasteiger partial charge is 0.480 e. The minimum atomic E-state index is -1.02. The van der Waals surface area contributed by atoms with Crippen molar-refractivity contribution >= 4 is 52.7 Å². The number of urea groups is 1. The molecule has 0 aromatic heterocycles. The van der Waals surface area contributed by atoms with Gasteiger partial charge in [-0.3, -0.25) is 0 Å². The maximum absolute atomic E-state index is 12.3. The van der Waals surface area contributed by atoms with Gasteiger partial charge in [-0.15, -0.1) is 0 Å². The number of aryl methyl sites for hydroxylation is 1. The minimum absolute atomic E-state index is 0.311. The van der Waals surface area contributed by atoms with Gasteiger partial charge in [-0.25, -0.2) is 9.59 Å². The predicted octanol–water partition coefficient (Wildman–Crippen LogP) is 3.34. The summed E-state index contributed by atoms with van der Waals surface area (Å²) < 4.78 is 0. The van der Waals surface area contributed by atoms with E-state index in [1.807, 2.05) is 0 Å². The van der Waals surface area contributed by atoms with Crippen molar-refractivity contribution in [3.05, 3.63) is 27.7 Å². The molecule has 1 aromatic carbocycles. The van der Waals surface area contributed by atoms with Crippen molar-refractivity contribution in [2.45, 2.75) is 13.0 Å². The molecular weight excluding hydrogens is 335 g/mol. The molecule has 114 valence electrons. The molecule has 1 aliphatic heterocycles. The molecule has 0 bridgehead atoms. The standard InChI is InChI=1S/C13H14Cl2N2O3S/c1-7-2-3-8(14)11(10(7)15)16-13(20)17-4-5-21-6-9(17)12(18)19/h2-3,9H,4-6H2,1H3,(H,16,20)(H,18,19). The van der Waals surface area contributed by atoms with E-state index in [2.05, 4.69) is 5.32 Å². The van der Waals surface area contributed by atoms with Crippen LogP contribution >= 0.6 is 35.0 Å². The van der Waals surface area contributed by atoms with Gasteiger partial charge >= 0.3 is 12.0 Å². The topological polar surface area (TPSA) is 69.6 Å². The Morgan fingerprint density at radius 3 is 2.81 bits per heavy atom. The van der Waals surface area contributed by atoms with Gasteiger partial charge in [0.05, 0.1) is 15.7 Å². The molecule has 0 saturated carbocycles. The predicted molar refractivity (Wildman–Crippen MR) is 85.7 cm³/mol. The fraction of sp³-hybridized carbons (Fsp3) is 0.385. The van der Waals surface area contributed by atoms with E-state index in [1.165, 1.54) is 16.7 Å². The molecule has 2 N–H and O–H groups in total. The first-order chi connectivity index (χ1) is 9.91. The molecule has 2 rings (SSSR count). The Balaban J connectivity index is 2.21. The second-order valence-electron chi connectivity index (χ2n) is 4.61. The number of thioether (sulfide) groups is 1. The first-order valence-electron chi connectivity index (χ1n) is 6.24. The summed E-state index contributed by atoms with van der Waals surface area (Å²) in [7, 11) is 0. The molecule has 1 heterocycles. The lowest BCUT2D eigenvalue weighted by molar-refractivity contribution is -0.141. The van der Waals surface area contributed by atoms with Crippen LogP contribution < -0.4 is 5.32 Å². The number of hydrogen-bond donors (Lipinski definition) is 2. The summed E-state index contributed by atoms with van der Waals surface area (Å²) in [6.45, 7) is 2.17. The van der Waals surface area contributed by atoms with Crippen LogP contribution in [0.3, 0.4) is 0 Å². The zero-order valence-corrected chi connectivity index (χ0v) is 13.6. The first kappa shape index (κ1) is 16.3. The molecule has 21 heavy (non-hydrogen) atoms. The summed E-state index contributed by atoms with van der Waals surface area (Å²) in [5.74, 6) is 0.0589. The number of nitrogens with zero attached hydrogens (tertiary/aromatic N) is 1. The summed E-state index contributed by atoms with van der Waals surface area (Å²) in [6.07, 6.45) is 0. The lowest BCUT2D eigenvalue weighted by Crippen LogP contribution is -2.51. The fourth-order valence-corrected chi connectivity index (χ4v) is 3.50. The lowest BCUT2D eigenvalue weighted by Gasteiger charge is -2.32. The van der Waals surface area contributed by atoms with E-state index in [4.69, 9.17) is 23.2 Å². The van der Waals surface area contributed by atoms with Crippen LogP contribution in [-0.2, 0) is 4.79 Å². The SMILES string of the molecule is Cc1ccc(Cl)c(NC(=O)N2CCSCC2C(=O)O)c1Cl. The van der Waals surface area contributed by atoms with Crippen molar-refractivity contribution in [1.82, 2.24) is 4.90 Å².